The van der Waals surface area contributed by atoms with E-state index in [0.29, 0.717) is 5.41 Å². The Labute approximate surface area is 121 Å². The van der Waals surface area contributed by atoms with Crippen molar-refractivity contribution in [1.82, 2.24) is 0 Å². The normalized spacial score (nSPS) is 11.3. The first-order chi connectivity index (χ1) is 8.06. The second-order valence-corrected chi connectivity index (χ2v) is 4.27. The molecule has 0 aliphatic rings. The molecule has 1 atom stereocenters. The van der Waals surface area contributed by atoms with Gasteiger partial charge in [-0.2, -0.15) is 0 Å². The molecule has 0 aromatic carbocycles. The van der Waals surface area contributed by atoms with Gasteiger partial charge < -0.3 is 0 Å². The van der Waals surface area contributed by atoms with Gasteiger partial charge in [0.2, 0.25) is 0 Å². The summed E-state index contributed by atoms with van der Waals surface area (Å²) in [5.74, 6) is 0.832. The van der Waals surface area contributed by atoms with Gasteiger partial charge in [-0.15, -0.1) is 0 Å². The van der Waals surface area contributed by atoms with E-state index in [1.54, 1.807) is 0 Å². The molecule has 0 aromatic heterocycles. The molecule has 0 fully saturated rings. The molecular weight excluding hydrogens is 216 g/mol. The molecule has 0 aliphatic heterocycles. The quantitative estimate of drug-likeness (QED) is 0.471. The summed E-state index contributed by atoms with van der Waals surface area (Å²) in [7, 11) is 0. The molecule has 0 heteroatoms. The second-order valence-electron chi connectivity index (χ2n) is 4.27. The van der Waals surface area contributed by atoms with Crippen LogP contribution in [0, 0.1) is 11.3 Å². The second kappa shape index (κ2) is 25.8. The minimum Gasteiger partial charge on any atom is -0.0776 e. The molecule has 0 amide bonds. The Morgan fingerprint density at radius 3 is 1.33 bits per heavy atom. The minimum absolute atomic E-state index is 0. The van der Waals surface area contributed by atoms with Crippen molar-refractivity contribution in [2.75, 3.05) is 0 Å². The maximum atomic E-state index is 2.42. The van der Waals surface area contributed by atoms with Crippen molar-refractivity contribution in [3.05, 3.63) is 0 Å². The lowest BCUT2D eigenvalue weighted by Crippen LogP contribution is -2.22. The van der Waals surface area contributed by atoms with Crippen LogP contribution in [0.1, 0.15) is 109 Å². The fraction of sp³-hybridized carbons (Fsp3) is 1.00. The third-order valence-corrected chi connectivity index (χ3v) is 3.30. The van der Waals surface area contributed by atoms with Gasteiger partial charge >= 0.3 is 0 Å². The van der Waals surface area contributed by atoms with E-state index in [2.05, 4.69) is 34.6 Å². The van der Waals surface area contributed by atoms with E-state index in [-0.39, 0.29) is 7.43 Å². The van der Waals surface area contributed by atoms with E-state index in [1.807, 2.05) is 41.5 Å². The number of hydrogen-bond donors (Lipinski definition) is 0. The van der Waals surface area contributed by atoms with Crippen LogP contribution in [0.4, 0.5) is 0 Å². The van der Waals surface area contributed by atoms with Gasteiger partial charge in [-0.25, -0.2) is 0 Å². The molecule has 0 N–H and O–H groups in total. The first-order valence-electron chi connectivity index (χ1n) is 8.06. The highest BCUT2D eigenvalue weighted by Gasteiger charge is 2.24. The lowest BCUT2D eigenvalue weighted by molar-refractivity contribution is 0.185. The molecule has 0 nitrogen and oxygen atoms in total. The molecule has 0 rings (SSSR count). The summed E-state index contributed by atoms with van der Waals surface area (Å²) in [4.78, 5) is 0. The van der Waals surface area contributed by atoms with E-state index in [0.717, 1.165) is 5.92 Å². The lowest BCUT2D eigenvalue weighted by atomic mass is 9.73. The Hall–Kier alpha value is 0. The predicted octanol–water partition coefficient (Wildman–Crippen LogP) is 7.96. The standard InChI is InChI=1S/C11H24.3C2H6.CH4/c1-6-8-9-11(5,7-2)10(3)4;3*1-2;/h10H,6-9H2,1-5H3;3*1-2H3;1H4. The van der Waals surface area contributed by atoms with Crippen LogP contribution in [0.15, 0.2) is 0 Å². The van der Waals surface area contributed by atoms with Gasteiger partial charge in [-0.05, 0) is 17.8 Å². The van der Waals surface area contributed by atoms with Crippen LogP contribution in [0.5, 0.6) is 0 Å². The monoisotopic (exact) mass is 262 g/mol. The molecule has 118 valence electrons. The van der Waals surface area contributed by atoms with E-state index in [9.17, 15) is 0 Å². The third kappa shape index (κ3) is 18.4. The van der Waals surface area contributed by atoms with Gasteiger partial charge in [-0.1, -0.05) is 103 Å². The van der Waals surface area contributed by atoms with Gasteiger partial charge in [-0.3, -0.25) is 0 Å². The predicted molar refractivity (Wildman–Crippen MR) is 93.5 cm³/mol. The van der Waals surface area contributed by atoms with Crippen molar-refractivity contribution in [2.45, 2.75) is 109 Å². The Morgan fingerprint density at radius 1 is 0.833 bits per heavy atom. The summed E-state index contributed by atoms with van der Waals surface area (Å²) in [5.41, 5.74) is 0.593. The molecule has 18 heavy (non-hydrogen) atoms. The zero-order chi connectivity index (χ0) is 14.9. The van der Waals surface area contributed by atoms with Gasteiger partial charge in [0.05, 0.1) is 0 Å². The van der Waals surface area contributed by atoms with Crippen LogP contribution in [0.3, 0.4) is 0 Å². The highest BCUT2D eigenvalue weighted by atomic mass is 14.3. The Bertz CT molecular complexity index is 94.2. The fourth-order valence-electron chi connectivity index (χ4n) is 1.45. The van der Waals surface area contributed by atoms with Crippen LogP contribution in [-0.2, 0) is 0 Å². The summed E-state index contributed by atoms with van der Waals surface area (Å²) in [6.07, 6.45) is 5.45. The Kier molecular flexibility index (Phi) is 44.0. The number of hydrogen-bond acceptors (Lipinski definition) is 0. The highest BCUT2D eigenvalue weighted by Crippen LogP contribution is 2.35. The minimum atomic E-state index is 0. The van der Waals surface area contributed by atoms with Gasteiger partial charge in [0, 0.05) is 0 Å². The van der Waals surface area contributed by atoms with E-state index in [1.165, 1.54) is 25.7 Å². The van der Waals surface area contributed by atoms with Crippen LogP contribution in [-0.4, -0.2) is 0 Å². The molecule has 0 aliphatic carbocycles. The van der Waals surface area contributed by atoms with Gasteiger partial charge in [0.1, 0.15) is 0 Å². The van der Waals surface area contributed by atoms with Crippen LogP contribution in [0.2, 0.25) is 0 Å². The van der Waals surface area contributed by atoms with Crippen molar-refractivity contribution >= 4 is 0 Å². The maximum Gasteiger partial charge on any atom is -0.0305 e. The molecule has 0 bridgehead atoms. The molecule has 0 aromatic rings. The van der Waals surface area contributed by atoms with E-state index in [4.69, 9.17) is 0 Å². The molecule has 0 radical (unpaired) electrons. The van der Waals surface area contributed by atoms with E-state index < -0.39 is 0 Å². The van der Waals surface area contributed by atoms with Crippen molar-refractivity contribution in [3.8, 4) is 0 Å². The van der Waals surface area contributed by atoms with Crippen molar-refractivity contribution in [2.24, 2.45) is 11.3 Å². The molecule has 0 saturated carbocycles. The maximum absolute atomic E-state index is 2.42. The Morgan fingerprint density at radius 2 is 1.17 bits per heavy atom. The topological polar surface area (TPSA) is 0 Å². The van der Waals surface area contributed by atoms with Crippen molar-refractivity contribution in [3.63, 3.8) is 0 Å². The summed E-state index contributed by atoms with van der Waals surface area (Å²) in [6, 6.07) is 0. The lowest BCUT2D eigenvalue weighted by Gasteiger charge is -2.32. The molecule has 1 unspecified atom stereocenters. The SMILES string of the molecule is C.CC.CC.CC.CCCCC(C)(CC)C(C)C. The first-order valence-corrected chi connectivity index (χ1v) is 8.06. The van der Waals surface area contributed by atoms with E-state index >= 15 is 0 Å². The average molecular weight is 263 g/mol. The van der Waals surface area contributed by atoms with Crippen LogP contribution >= 0.6 is 0 Å². The summed E-state index contributed by atoms with van der Waals surface area (Å²) in [5, 5.41) is 0. The molecule has 0 heterocycles. The highest BCUT2D eigenvalue weighted by molar-refractivity contribution is 4.75. The van der Waals surface area contributed by atoms with Crippen LogP contribution in [0.25, 0.3) is 0 Å². The molecular formula is C18H46. The smallest absolute Gasteiger partial charge is 0.0305 e. The largest absolute Gasteiger partial charge is 0.0776 e. The molecule has 0 spiro atoms. The van der Waals surface area contributed by atoms with Crippen molar-refractivity contribution in [1.29, 1.82) is 0 Å². The summed E-state index contributed by atoms with van der Waals surface area (Å²) >= 11 is 0. The van der Waals surface area contributed by atoms with Crippen molar-refractivity contribution < 1.29 is 0 Å². The summed E-state index contributed by atoms with van der Waals surface area (Å²) in [6.45, 7) is 23.7. The van der Waals surface area contributed by atoms with Gasteiger partial charge in [0.15, 0.2) is 0 Å². The fourth-order valence-corrected chi connectivity index (χ4v) is 1.45. The third-order valence-electron chi connectivity index (χ3n) is 3.30. The zero-order valence-corrected chi connectivity index (χ0v) is 14.9. The van der Waals surface area contributed by atoms with Crippen LogP contribution < -0.4 is 0 Å². The number of rotatable bonds is 5. The van der Waals surface area contributed by atoms with Gasteiger partial charge in [0.25, 0.3) is 0 Å². The molecule has 0 saturated heterocycles. The Balaban J connectivity index is -0.0000000700. The zero-order valence-electron chi connectivity index (χ0n) is 14.9. The first kappa shape index (κ1) is 30.8. The average Bonchev–Trinajstić information content (AvgIpc) is 2.42. The summed E-state index contributed by atoms with van der Waals surface area (Å²) < 4.78 is 0. The number of unbranched alkanes of at least 4 members (excludes halogenated alkanes) is 1.